The van der Waals surface area contributed by atoms with Crippen LogP contribution in [0.4, 0.5) is 13.2 Å². The summed E-state index contributed by atoms with van der Waals surface area (Å²) in [6.07, 6.45) is 1.77. The van der Waals surface area contributed by atoms with Crippen molar-refractivity contribution in [3.63, 3.8) is 0 Å². The van der Waals surface area contributed by atoms with Crippen molar-refractivity contribution in [3.8, 4) is 0 Å². The monoisotopic (exact) mass is 295 g/mol. The molecule has 0 aromatic rings. The summed E-state index contributed by atoms with van der Waals surface area (Å²) < 4.78 is 38.4. The van der Waals surface area contributed by atoms with Crippen molar-refractivity contribution in [2.45, 2.75) is 75.4 Å². The van der Waals surface area contributed by atoms with Gasteiger partial charge in [-0.1, -0.05) is 19.8 Å². The van der Waals surface area contributed by atoms with Gasteiger partial charge in [-0.2, -0.15) is 24.9 Å². The maximum Gasteiger partial charge on any atom is 0.391 e. The molecule has 4 atom stereocenters. The zero-order chi connectivity index (χ0) is 13.9. The summed E-state index contributed by atoms with van der Waals surface area (Å²) in [5.41, 5.74) is 0. The van der Waals surface area contributed by atoms with Crippen molar-refractivity contribution >= 4 is 11.8 Å². The Bertz CT molecular complexity index is 282. The molecule has 0 aromatic heterocycles. The second-order valence-corrected chi connectivity index (χ2v) is 7.32. The summed E-state index contributed by atoms with van der Waals surface area (Å²) in [6, 6.07) is 0.505. The van der Waals surface area contributed by atoms with Gasteiger partial charge in [-0.3, -0.25) is 0 Å². The molecule has 4 unspecified atom stereocenters. The minimum absolute atomic E-state index is 0.0726. The number of hydrogen-bond acceptors (Lipinski definition) is 2. The van der Waals surface area contributed by atoms with Gasteiger partial charge < -0.3 is 5.32 Å². The first-order valence-corrected chi connectivity index (χ1v) is 8.50. The summed E-state index contributed by atoms with van der Waals surface area (Å²) in [5.74, 6) is 0.0102. The van der Waals surface area contributed by atoms with Gasteiger partial charge in [0.25, 0.3) is 0 Å². The zero-order valence-electron chi connectivity index (χ0n) is 11.5. The lowest BCUT2D eigenvalue weighted by Gasteiger charge is -2.34. The minimum Gasteiger partial charge on any atom is -0.310 e. The average Bonchev–Trinajstić information content (AvgIpc) is 2.77. The van der Waals surface area contributed by atoms with Gasteiger partial charge in [0.05, 0.1) is 5.92 Å². The second kappa shape index (κ2) is 6.70. The molecule has 2 fully saturated rings. The summed E-state index contributed by atoms with van der Waals surface area (Å²) in [5, 5.41) is 4.14. The SMILES string of the molecule is CCSC1CCCC1NC1CCCC(C(F)(F)F)C1. The Kier molecular flexibility index (Phi) is 5.46. The Labute approximate surface area is 118 Å². The average molecular weight is 295 g/mol. The molecular weight excluding hydrogens is 271 g/mol. The number of nitrogens with one attached hydrogen (secondary N) is 1. The van der Waals surface area contributed by atoms with E-state index in [1.807, 2.05) is 11.8 Å². The predicted octanol–water partition coefficient (Wildman–Crippen LogP) is 4.37. The van der Waals surface area contributed by atoms with Gasteiger partial charge in [0.15, 0.2) is 0 Å². The van der Waals surface area contributed by atoms with E-state index in [1.165, 1.54) is 12.8 Å². The fourth-order valence-electron chi connectivity index (χ4n) is 3.47. The third-order valence-electron chi connectivity index (χ3n) is 4.42. The largest absolute Gasteiger partial charge is 0.391 e. The lowest BCUT2D eigenvalue weighted by molar-refractivity contribution is -0.183. The van der Waals surface area contributed by atoms with Crippen LogP contribution in [0.15, 0.2) is 0 Å². The van der Waals surface area contributed by atoms with Crippen LogP contribution in [0.2, 0.25) is 0 Å². The van der Waals surface area contributed by atoms with Crippen LogP contribution >= 0.6 is 11.8 Å². The van der Waals surface area contributed by atoms with Gasteiger partial charge in [-0.15, -0.1) is 0 Å². The molecule has 2 rings (SSSR count). The Balaban J connectivity index is 1.85. The van der Waals surface area contributed by atoms with Crippen molar-refractivity contribution in [1.29, 1.82) is 0 Å². The van der Waals surface area contributed by atoms with Crippen LogP contribution in [-0.4, -0.2) is 29.3 Å². The molecule has 0 amide bonds. The molecular formula is C14H24F3NS. The highest BCUT2D eigenvalue weighted by molar-refractivity contribution is 7.99. The second-order valence-electron chi connectivity index (χ2n) is 5.80. The molecule has 0 radical (unpaired) electrons. The molecule has 19 heavy (non-hydrogen) atoms. The van der Waals surface area contributed by atoms with E-state index < -0.39 is 12.1 Å². The Hall–Kier alpha value is 0.100. The van der Waals surface area contributed by atoms with Crippen molar-refractivity contribution in [2.75, 3.05) is 5.75 Å². The topological polar surface area (TPSA) is 12.0 Å². The first-order chi connectivity index (χ1) is 9.00. The molecule has 0 spiro atoms. The lowest BCUT2D eigenvalue weighted by atomic mass is 9.85. The highest BCUT2D eigenvalue weighted by atomic mass is 32.2. The van der Waals surface area contributed by atoms with E-state index in [-0.39, 0.29) is 12.5 Å². The Morgan fingerprint density at radius 1 is 1.11 bits per heavy atom. The number of hydrogen-bond donors (Lipinski definition) is 1. The van der Waals surface area contributed by atoms with Crippen LogP contribution in [0.1, 0.15) is 51.9 Å². The molecule has 0 heterocycles. The summed E-state index contributed by atoms with van der Waals surface area (Å²) >= 11 is 1.96. The first-order valence-electron chi connectivity index (χ1n) is 7.45. The Morgan fingerprint density at radius 3 is 2.53 bits per heavy atom. The highest BCUT2D eigenvalue weighted by Crippen LogP contribution is 2.38. The molecule has 0 saturated heterocycles. The molecule has 112 valence electrons. The fraction of sp³-hybridized carbons (Fsp3) is 1.00. The summed E-state index contributed by atoms with van der Waals surface area (Å²) in [4.78, 5) is 0. The smallest absolute Gasteiger partial charge is 0.310 e. The van der Waals surface area contributed by atoms with Crippen LogP contribution in [0.5, 0.6) is 0 Å². The van der Waals surface area contributed by atoms with Crippen LogP contribution < -0.4 is 5.32 Å². The molecule has 0 bridgehead atoms. The van der Waals surface area contributed by atoms with Gasteiger partial charge in [-0.25, -0.2) is 0 Å². The van der Waals surface area contributed by atoms with E-state index >= 15 is 0 Å². The van der Waals surface area contributed by atoms with E-state index in [0.29, 0.717) is 24.1 Å². The lowest BCUT2D eigenvalue weighted by Crippen LogP contribution is -2.45. The van der Waals surface area contributed by atoms with Crippen molar-refractivity contribution in [1.82, 2.24) is 5.32 Å². The molecule has 5 heteroatoms. The van der Waals surface area contributed by atoms with Gasteiger partial charge in [0.1, 0.15) is 0 Å². The van der Waals surface area contributed by atoms with Crippen molar-refractivity contribution in [3.05, 3.63) is 0 Å². The van der Waals surface area contributed by atoms with E-state index in [2.05, 4.69) is 12.2 Å². The number of rotatable bonds is 4. The molecule has 1 N–H and O–H groups in total. The molecule has 0 aromatic carbocycles. The molecule has 1 nitrogen and oxygen atoms in total. The van der Waals surface area contributed by atoms with E-state index in [4.69, 9.17) is 0 Å². The molecule has 2 saturated carbocycles. The fourth-order valence-corrected chi connectivity index (χ4v) is 4.68. The van der Waals surface area contributed by atoms with Gasteiger partial charge in [-0.05, 0) is 37.9 Å². The van der Waals surface area contributed by atoms with Crippen molar-refractivity contribution in [2.24, 2.45) is 5.92 Å². The quantitative estimate of drug-likeness (QED) is 0.826. The van der Waals surface area contributed by atoms with E-state index in [1.54, 1.807) is 0 Å². The van der Waals surface area contributed by atoms with Crippen LogP contribution in [0.3, 0.4) is 0 Å². The minimum atomic E-state index is -4.01. The van der Waals surface area contributed by atoms with Gasteiger partial charge >= 0.3 is 6.18 Å². The molecule has 2 aliphatic carbocycles. The summed E-state index contributed by atoms with van der Waals surface area (Å²) in [7, 11) is 0. The van der Waals surface area contributed by atoms with Crippen LogP contribution in [-0.2, 0) is 0 Å². The number of halogens is 3. The van der Waals surface area contributed by atoms with Crippen LogP contribution in [0, 0.1) is 5.92 Å². The maximum atomic E-state index is 12.8. The predicted molar refractivity (Wildman–Crippen MR) is 74.5 cm³/mol. The zero-order valence-corrected chi connectivity index (χ0v) is 12.3. The third-order valence-corrected chi connectivity index (χ3v) is 5.75. The van der Waals surface area contributed by atoms with Crippen LogP contribution in [0.25, 0.3) is 0 Å². The molecule has 0 aliphatic heterocycles. The highest BCUT2D eigenvalue weighted by Gasteiger charge is 2.42. The van der Waals surface area contributed by atoms with E-state index in [0.717, 1.165) is 18.6 Å². The summed E-state index contributed by atoms with van der Waals surface area (Å²) in [6.45, 7) is 2.15. The van der Waals surface area contributed by atoms with Gasteiger partial charge in [0.2, 0.25) is 0 Å². The van der Waals surface area contributed by atoms with Gasteiger partial charge in [0, 0.05) is 17.3 Å². The van der Waals surface area contributed by atoms with Crippen molar-refractivity contribution < 1.29 is 13.2 Å². The third kappa shape index (κ3) is 4.28. The number of alkyl halides is 3. The number of thioether (sulfide) groups is 1. The van der Waals surface area contributed by atoms with E-state index in [9.17, 15) is 13.2 Å². The Morgan fingerprint density at radius 2 is 1.84 bits per heavy atom. The molecule has 2 aliphatic rings. The first kappa shape index (κ1) is 15.5. The standard InChI is InChI=1S/C14H24F3NS/c1-2-19-13-8-4-7-12(13)18-11-6-3-5-10(9-11)14(15,16)17/h10-13,18H,2-9H2,1H3. The normalized spacial score (nSPS) is 36.6. The maximum absolute atomic E-state index is 12.8.